The maximum Gasteiger partial charge on any atom is 0.325 e. The Balaban J connectivity index is 1.93. The molecule has 2 aromatic rings. The fourth-order valence-electron chi connectivity index (χ4n) is 3.23. The van der Waals surface area contributed by atoms with Gasteiger partial charge in [0.25, 0.3) is 5.69 Å². The summed E-state index contributed by atoms with van der Waals surface area (Å²) in [6.45, 7) is 4.66. The molecule has 0 bridgehead atoms. The predicted molar refractivity (Wildman–Crippen MR) is 103 cm³/mol. The van der Waals surface area contributed by atoms with Gasteiger partial charge in [-0.3, -0.25) is 14.9 Å². The maximum absolute atomic E-state index is 12.1. The molecule has 0 N–H and O–H groups in total. The number of carbonyl (C=O) groups excluding carboxylic acids is 1. The summed E-state index contributed by atoms with van der Waals surface area (Å²) in [6, 6.07) is 6.62. The van der Waals surface area contributed by atoms with Crippen molar-refractivity contribution in [1.82, 2.24) is 14.5 Å². The molecule has 28 heavy (non-hydrogen) atoms. The topological polar surface area (TPSA) is 90.5 Å². The van der Waals surface area contributed by atoms with E-state index >= 15 is 0 Å². The molecule has 1 aliphatic rings. The molecule has 0 fully saturated rings. The van der Waals surface area contributed by atoms with E-state index in [2.05, 4.69) is 4.98 Å². The Morgan fingerprint density at radius 3 is 2.86 bits per heavy atom. The molecule has 2 heterocycles. The Morgan fingerprint density at radius 2 is 2.18 bits per heavy atom. The molecule has 1 aliphatic heterocycles. The van der Waals surface area contributed by atoms with Crippen molar-refractivity contribution >= 4 is 11.7 Å². The lowest BCUT2D eigenvalue weighted by atomic mass is 9.93. The van der Waals surface area contributed by atoms with Gasteiger partial charge in [0, 0.05) is 41.8 Å². The van der Waals surface area contributed by atoms with Gasteiger partial charge in [0.15, 0.2) is 0 Å². The highest BCUT2D eigenvalue weighted by molar-refractivity contribution is 5.72. The van der Waals surface area contributed by atoms with Crippen LogP contribution >= 0.6 is 0 Å². The molecule has 146 valence electrons. The van der Waals surface area contributed by atoms with Crippen LogP contribution in [0.5, 0.6) is 0 Å². The summed E-state index contributed by atoms with van der Waals surface area (Å²) in [5.74, 6) is -0.433. The summed E-state index contributed by atoms with van der Waals surface area (Å²) in [7, 11) is 0. The summed E-state index contributed by atoms with van der Waals surface area (Å²) in [4.78, 5) is 28.8. The zero-order valence-electron chi connectivity index (χ0n) is 15.8. The van der Waals surface area contributed by atoms with Gasteiger partial charge in [-0.2, -0.15) is 0 Å². The Hall–Kier alpha value is -3.42. The third-order valence-corrected chi connectivity index (χ3v) is 4.53. The van der Waals surface area contributed by atoms with Crippen molar-refractivity contribution in [2.75, 3.05) is 13.2 Å². The van der Waals surface area contributed by atoms with E-state index < -0.39 is 4.92 Å². The molecule has 0 aliphatic carbocycles. The van der Waals surface area contributed by atoms with Gasteiger partial charge in [0.2, 0.25) is 0 Å². The number of nitrogens with zero attached hydrogens (tertiary/aromatic N) is 4. The number of rotatable bonds is 7. The lowest BCUT2D eigenvalue weighted by Crippen LogP contribution is -2.33. The molecular weight excluding hydrogens is 360 g/mol. The molecule has 0 radical (unpaired) electrons. The SMILES string of the molecule is CCOC(=O)CN1C(C)=CC(c2cccc([N+](=O)[O-])c2)C=C1Cn1ccnc1. The lowest BCUT2D eigenvalue weighted by molar-refractivity contribution is -0.384. The second kappa shape index (κ2) is 8.51. The minimum atomic E-state index is -0.397. The van der Waals surface area contributed by atoms with E-state index in [1.54, 1.807) is 31.6 Å². The summed E-state index contributed by atoms with van der Waals surface area (Å²) in [6.07, 6.45) is 9.26. The summed E-state index contributed by atoms with van der Waals surface area (Å²) in [5, 5.41) is 11.1. The normalized spacial score (nSPS) is 16.4. The van der Waals surface area contributed by atoms with Gasteiger partial charge in [0.1, 0.15) is 6.54 Å². The molecule has 1 atom stereocenters. The number of ether oxygens (including phenoxy) is 1. The minimum absolute atomic E-state index is 0.0575. The summed E-state index contributed by atoms with van der Waals surface area (Å²) >= 11 is 0. The van der Waals surface area contributed by atoms with Gasteiger partial charge in [-0.05, 0) is 19.4 Å². The van der Waals surface area contributed by atoms with E-state index in [0.29, 0.717) is 13.2 Å². The number of nitro benzene ring substituents is 1. The molecule has 1 aromatic carbocycles. The highest BCUT2D eigenvalue weighted by Crippen LogP contribution is 2.32. The first-order chi connectivity index (χ1) is 13.5. The van der Waals surface area contributed by atoms with Crippen molar-refractivity contribution in [3.05, 3.63) is 82.2 Å². The van der Waals surface area contributed by atoms with Crippen LogP contribution in [0.15, 0.2) is 66.5 Å². The first kappa shape index (κ1) is 19.3. The first-order valence-corrected chi connectivity index (χ1v) is 9.00. The highest BCUT2D eigenvalue weighted by Gasteiger charge is 2.24. The van der Waals surface area contributed by atoms with Crippen LogP contribution in [0, 0.1) is 10.1 Å². The molecule has 1 unspecified atom stereocenters. The number of benzene rings is 1. The van der Waals surface area contributed by atoms with E-state index in [-0.39, 0.29) is 24.1 Å². The van der Waals surface area contributed by atoms with Crippen LogP contribution in [0.25, 0.3) is 0 Å². The fourth-order valence-corrected chi connectivity index (χ4v) is 3.23. The molecular formula is C20H22N4O4. The number of non-ortho nitro benzene ring substituents is 1. The average Bonchev–Trinajstić information content (AvgIpc) is 3.17. The monoisotopic (exact) mass is 382 g/mol. The van der Waals surface area contributed by atoms with Crippen LogP contribution in [0.3, 0.4) is 0 Å². The van der Waals surface area contributed by atoms with Gasteiger partial charge in [-0.1, -0.05) is 24.3 Å². The second-order valence-electron chi connectivity index (χ2n) is 6.47. The maximum atomic E-state index is 12.1. The van der Waals surface area contributed by atoms with Gasteiger partial charge >= 0.3 is 5.97 Å². The number of imidazole rings is 1. The number of aromatic nitrogens is 2. The number of hydrogen-bond donors (Lipinski definition) is 0. The Morgan fingerprint density at radius 1 is 1.36 bits per heavy atom. The largest absolute Gasteiger partial charge is 0.465 e. The van der Waals surface area contributed by atoms with Crippen molar-refractivity contribution in [2.45, 2.75) is 26.3 Å². The number of carbonyl (C=O) groups is 1. The third kappa shape index (κ3) is 4.46. The quantitative estimate of drug-likeness (QED) is 0.415. The third-order valence-electron chi connectivity index (χ3n) is 4.53. The predicted octanol–water partition coefficient (Wildman–Crippen LogP) is 3.24. The van der Waals surface area contributed by atoms with Gasteiger partial charge in [0.05, 0.1) is 24.4 Å². The Bertz CT molecular complexity index is 918. The van der Waals surface area contributed by atoms with Crippen LogP contribution in [0.4, 0.5) is 5.69 Å². The summed E-state index contributed by atoms with van der Waals surface area (Å²) < 4.78 is 7.01. The molecule has 0 saturated carbocycles. The minimum Gasteiger partial charge on any atom is -0.465 e. The van der Waals surface area contributed by atoms with E-state index in [1.165, 1.54) is 6.07 Å². The molecule has 0 spiro atoms. The van der Waals surface area contributed by atoms with Gasteiger partial charge in [-0.25, -0.2) is 4.98 Å². The second-order valence-corrected chi connectivity index (χ2v) is 6.47. The standard InChI is InChI=1S/C20H22N4O4/c1-3-28-20(25)13-23-15(2)9-17(11-19(23)12-22-8-7-21-14-22)16-5-4-6-18(10-16)24(26)27/h4-11,14,17H,3,12-13H2,1-2H3. The Kier molecular flexibility index (Phi) is 5.88. The van der Waals surface area contributed by atoms with E-state index in [4.69, 9.17) is 4.74 Å². The van der Waals surface area contributed by atoms with Crippen LogP contribution in [0.2, 0.25) is 0 Å². The van der Waals surface area contributed by atoms with Crippen LogP contribution in [0.1, 0.15) is 25.3 Å². The van der Waals surface area contributed by atoms with Gasteiger partial charge < -0.3 is 14.2 Å². The van der Waals surface area contributed by atoms with Crippen molar-refractivity contribution in [3.8, 4) is 0 Å². The van der Waals surface area contributed by atoms with Crippen LogP contribution in [-0.4, -0.2) is 38.5 Å². The number of allylic oxidation sites excluding steroid dienone is 4. The smallest absolute Gasteiger partial charge is 0.325 e. The molecule has 0 amide bonds. The van der Waals surface area contributed by atoms with E-state index in [0.717, 1.165) is 17.0 Å². The van der Waals surface area contributed by atoms with Crippen molar-refractivity contribution in [1.29, 1.82) is 0 Å². The zero-order valence-corrected chi connectivity index (χ0v) is 15.8. The molecule has 0 saturated heterocycles. The number of nitro groups is 1. The molecule has 8 heteroatoms. The van der Waals surface area contributed by atoms with Crippen molar-refractivity contribution < 1.29 is 14.5 Å². The van der Waals surface area contributed by atoms with Crippen LogP contribution in [-0.2, 0) is 16.1 Å². The number of hydrogen-bond acceptors (Lipinski definition) is 6. The zero-order chi connectivity index (χ0) is 20.1. The van der Waals surface area contributed by atoms with Gasteiger partial charge in [-0.15, -0.1) is 0 Å². The molecule has 8 nitrogen and oxygen atoms in total. The number of esters is 1. The first-order valence-electron chi connectivity index (χ1n) is 9.00. The molecule has 3 rings (SSSR count). The van der Waals surface area contributed by atoms with E-state index in [1.807, 2.05) is 40.8 Å². The van der Waals surface area contributed by atoms with Crippen molar-refractivity contribution in [3.63, 3.8) is 0 Å². The van der Waals surface area contributed by atoms with Crippen LogP contribution < -0.4 is 0 Å². The van der Waals surface area contributed by atoms with Crippen molar-refractivity contribution in [2.24, 2.45) is 0 Å². The average molecular weight is 382 g/mol. The molecule has 1 aromatic heterocycles. The summed E-state index contributed by atoms with van der Waals surface area (Å²) in [5.41, 5.74) is 2.68. The van der Waals surface area contributed by atoms with E-state index in [9.17, 15) is 14.9 Å². The Labute approximate surface area is 162 Å². The highest BCUT2D eigenvalue weighted by atomic mass is 16.6. The lowest BCUT2D eigenvalue weighted by Gasteiger charge is -2.33. The fraction of sp³-hybridized carbons (Fsp3) is 0.300.